The molecule has 132 valence electrons. The van der Waals surface area contributed by atoms with Crippen LogP contribution in [0.15, 0.2) is 53.2 Å². The molecule has 0 saturated heterocycles. The molecule has 4 rings (SSSR count). The van der Waals surface area contributed by atoms with Crippen molar-refractivity contribution in [3.8, 4) is 17.1 Å². The second-order valence-corrected chi connectivity index (χ2v) is 6.57. The lowest BCUT2D eigenvalue weighted by molar-refractivity contribution is 0.233. The van der Waals surface area contributed by atoms with Gasteiger partial charge in [0.05, 0.1) is 6.54 Å². The Morgan fingerprint density at radius 2 is 2.15 bits per heavy atom. The Balaban J connectivity index is 1.46. The number of nitrogens with zero attached hydrogens (tertiary/aromatic N) is 4. The zero-order chi connectivity index (χ0) is 17.9. The molecule has 4 aromatic rings. The Morgan fingerprint density at radius 1 is 1.23 bits per heavy atom. The highest BCUT2D eigenvalue weighted by Gasteiger charge is 2.11. The normalized spacial score (nSPS) is 12.2. The Hall–Kier alpha value is -3.00. The van der Waals surface area contributed by atoms with E-state index in [9.17, 15) is 4.39 Å². The predicted octanol–water partition coefficient (Wildman–Crippen LogP) is 3.87. The first-order valence-electron chi connectivity index (χ1n) is 8.10. The molecule has 0 amide bonds. The maximum absolute atomic E-state index is 13.2. The molecule has 0 spiro atoms. The van der Waals surface area contributed by atoms with Crippen molar-refractivity contribution in [1.29, 1.82) is 0 Å². The van der Waals surface area contributed by atoms with Crippen LogP contribution in [0.25, 0.3) is 17.0 Å². The fraction of sp³-hybridized carbons (Fsp3) is 0.167. The van der Waals surface area contributed by atoms with Crippen LogP contribution in [0.5, 0.6) is 5.75 Å². The number of hydrogen-bond donors (Lipinski definition) is 1. The Labute approximate surface area is 153 Å². The second kappa shape index (κ2) is 7.09. The van der Waals surface area contributed by atoms with Crippen LogP contribution in [0.4, 0.5) is 10.2 Å². The van der Waals surface area contributed by atoms with Gasteiger partial charge in [-0.3, -0.25) is 0 Å². The maximum Gasteiger partial charge on any atom is 0.186 e. The molecule has 6 nitrogen and oxygen atoms in total. The van der Waals surface area contributed by atoms with Gasteiger partial charge in [0.2, 0.25) is 0 Å². The van der Waals surface area contributed by atoms with Crippen molar-refractivity contribution in [2.24, 2.45) is 0 Å². The summed E-state index contributed by atoms with van der Waals surface area (Å²) >= 11 is 1.60. The highest BCUT2D eigenvalue weighted by atomic mass is 32.1. The van der Waals surface area contributed by atoms with Crippen LogP contribution in [0, 0.1) is 5.82 Å². The molecule has 3 heterocycles. The molecule has 1 N–H and O–H groups in total. The van der Waals surface area contributed by atoms with Crippen LogP contribution in [0.1, 0.15) is 6.92 Å². The smallest absolute Gasteiger partial charge is 0.186 e. The lowest BCUT2D eigenvalue weighted by Gasteiger charge is -2.15. The van der Waals surface area contributed by atoms with Gasteiger partial charge in [-0.05, 0) is 42.6 Å². The van der Waals surface area contributed by atoms with Gasteiger partial charge in [0.15, 0.2) is 11.5 Å². The summed E-state index contributed by atoms with van der Waals surface area (Å²) in [7, 11) is 0. The molecular formula is C18H16FN5OS. The van der Waals surface area contributed by atoms with Gasteiger partial charge in [0.25, 0.3) is 0 Å². The summed E-state index contributed by atoms with van der Waals surface area (Å²) in [6.45, 7) is 2.43. The van der Waals surface area contributed by atoms with Gasteiger partial charge < -0.3 is 10.1 Å². The van der Waals surface area contributed by atoms with Crippen molar-refractivity contribution in [3.05, 3.63) is 59.0 Å². The summed E-state index contributed by atoms with van der Waals surface area (Å²) in [5.74, 6) is 1.57. The molecule has 1 atom stereocenters. The number of fused-ring (bicyclic) bond motifs is 1. The van der Waals surface area contributed by atoms with Crippen LogP contribution in [0.3, 0.4) is 0 Å². The Morgan fingerprint density at radius 3 is 2.96 bits per heavy atom. The first-order valence-corrected chi connectivity index (χ1v) is 9.04. The van der Waals surface area contributed by atoms with E-state index < -0.39 is 0 Å². The summed E-state index contributed by atoms with van der Waals surface area (Å²) in [4.78, 5) is 0. The zero-order valence-corrected chi connectivity index (χ0v) is 14.8. The number of thiophene rings is 1. The molecule has 0 bridgehead atoms. The average molecular weight is 369 g/mol. The summed E-state index contributed by atoms with van der Waals surface area (Å²) in [6.07, 6.45) is -0.161. The number of aromatic nitrogens is 4. The minimum atomic E-state index is -0.316. The van der Waals surface area contributed by atoms with E-state index in [0.29, 0.717) is 29.6 Å². The maximum atomic E-state index is 13.2. The standard InChI is InChI=1S/C18H16FN5OS/c1-12(25-15-4-2-3-14(19)9-15)10-20-16-5-6-17-21-22-18(24(17)23-16)13-7-8-26-11-13/h2-9,11-12H,10H2,1H3,(H,20,23). The summed E-state index contributed by atoms with van der Waals surface area (Å²) < 4.78 is 20.6. The number of benzene rings is 1. The Kier molecular flexibility index (Phi) is 4.49. The molecule has 0 saturated carbocycles. The van der Waals surface area contributed by atoms with Crippen LogP contribution in [-0.2, 0) is 0 Å². The van der Waals surface area contributed by atoms with Gasteiger partial charge in [-0.15, -0.1) is 15.3 Å². The van der Waals surface area contributed by atoms with E-state index in [4.69, 9.17) is 4.74 Å². The quantitative estimate of drug-likeness (QED) is 0.559. The monoisotopic (exact) mass is 369 g/mol. The van der Waals surface area contributed by atoms with Crippen molar-refractivity contribution in [2.45, 2.75) is 13.0 Å². The van der Waals surface area contributed by atoms with E-state index in [1.54, 1.807) is 28.0 Å². The van der Waals surface area contributed by atoms with Crippen molar-refractivity contribution in [1.82, 2.24) is 19.8 Å². The van der Waals surface area contributed by atoms with Crippen LogP contribution in [0.2, 0.25) is 0 Å². The Bertz CT molecular complexity index is 1020. The number of nitrogens with one attached hydrogen (secondary N) is 1. The first kappa shape index (κ1) is 16.5. The third kappa shape index (κ3) is 3.50. The predicted molar refractivity (Wildman–Crippen MR) is 99.1 cm³/mol. The van der Waals surface area contributed by atoms with E-state index >= 15 is 0 Å². The van der Waals surface area contributed by atoms with Gasteiger partial charge in [0.1, 0.15) is 23.5 Å². The number of halogens is 1. The molecule has 0 aliphatic heterocycles. The average Bonchev–Trinajstić information content (AvgIpc) is 3.29. The fourth-order valence-electron chi connectivity index (χ4n) is 2.52. The van der Waals surface area contributed by atoms with Crippen LogP contribution >= 0.6 is 11.3 Å². The lowest BCUT2D eigenvalue weighted by Crippen LogP contribution is -2.23. The van der Waals surface area contributed by atoms with E-state index in [1.807, 2.05) is 35.9 Å². The molecule has 0 aliphatic rings. The SMILES string of the molecule is CC(CNc1ccc2nnc(-c3ccsc3)n2n1)Oc1cccc(F)c1. The fourth-order valence-corrected chi connectivity index (χ4v) is 3.15. The van der Waals surface area contributed by atoms with Crippen molar-refractivity contribution >= 4 is 22.8 Å². The molecule has 0 radical (unpaired) electrons. The minimum absolute atomic E-state index is 0.161. The van der Waals surface area contributed by atoms with Crippen molar-refractivity contribution in [3.63, 3.8) is 0 Å². The third-order valence-corrected chi connectivity index (χ3v) is 4.43. The molecule has 1 aromatic carbocycles. The number of rotatable bonds is 6. The second-order valence-electron chi connectivity index (χ2n) is 5.79. The van der Waals surface area contributed by atoms with Gasteiger partial charge in [-0.2, -0.15) is 15.9 Å². The van der Waals surface area contributed by atoms with E-state index in [-0.39, 0.29) is 11.9 Å². The lowest BCUT2D eigenvalue weighted by atomic mass is 10.3. The van der Waals surface area contributed by atoms with Gasteiger partial charge in [0, 0.05) is 17.0 Å². The number of ether oxygens (including phenoxy) is 1. The summed E-state index contributed by atoms with van der Waals surface area (Å²) in [6, 6.07) is 11.8. The van der Waals surface area contributed by atoms with Gasteiger partial charge >= 0.3 is 0 Å². The molecular weight excluding hydrogens is 353 g/mol. The summed E-state index contributed by atoms with van der Waals surface area (Å²) in [5.41, 5.74) is 1.66. The zero-order valence-electron chi connectivity index (χ0n) is 14.0. The van der Waals surface area contributed by atoms with E-state index in [2.05, 4.69) is 20.6 Å². The van der Waals surface area contributed by atoms with Crippen LogP contribution < -0.4 is 10.1 Å². The third-order valence-electron chi connectivity index (χ3n) is 3.75. The van der Waals surface area contributed by atoms with Crippen molar-refractivity contribution in [2.75, 3.05) is 11.9 Å². The molecule has 26 heavy (non-hydrogen) atoms. The highest BCUT2D eigenvalue weighted by molar-refractivity contribution is 7.08. The van der Waals surface area contributed by atoms with Crippen molar-refractivity contribution < 1.29 is 9.13 Å². The van der Waals surface area contributed by atoms with E-state index in [0.717, 1.165) is 5.56 Å². The topological polar surface area (TPSA) is 64.3 Å². The van der Waals surface area contributed by atoms with E-state index in [1.165, 1.54) is 12.1 Å². The number of anilines is 1. The summed E-state index contributed by atoms with van der Waals surface area (Å²) in [5, 5.41) is 20.1. The first-order chi connectivity index (χ1) is 12.7. The van der Waals surface area contributed by atoms with Crippen LogP contribution in [-0.4, -0.2) is 32.5 Å². The largest absolute Gasteiger partial charge is 0.489 e. The molecule has 8 heteroatoms. The minimum Gasteiger partial charge on any atom is -0.489 e. The molecule has 0 fully saturated rings. The molecule has 3 aromatic heterocycles. The number of hydrogen-bond acceptors (Lipinski definition) is 6. The molecule has 0 aliphatic carbocycles. The van der Waals surface area contributed by atoms with Gasteiger partial charge in [-0.1, -0.05) is 6.07 Å². The van der Waals surface area contributed by atoms with Gasteiger partial charge in [-0.25, -0.2) is 4.39 Å². The molecule has 1 unspecified atom stereocenters. The highest BCUT2D eigenvalue weighted by Crippen LogP contribution is 2.21.